The maximum atomic E-state index is 2.39. The second-order valence-electron chi connectivity index (χ2n) is 5.50. The van der Waals surface area contributed by atoms with E-state index in [-0.39, 0.29) is 0 Å². The molecule has 0 aromatic rings. The summed E-state index contributed by atoms with van der Waals surface area (Å²) in [7, 11) is 0. The van der Waals surface area contributed by atoms with Gasteiger partial charge in [0.25, 0.3) is 0 Å². The zero-order valence-corrected chi connectivity index (χ0v) is 10.6. The van der Waals surface area contributed by atoms with Crippen molar-refractivity contribution in [2.75, 3.05) is 0 Å². The second-order valence-corrected chi connectivity index (χ2v) is 5.50. The molecule has 0 aromatic heterocycles. The highest BCUT2D eigenvalue weighted by atomic mass is 14.3. The average Bonchev–Trinajstić information content (AvgIpc) is 2.20. The molecule has 1 rings (SSSR count). The Morgan fingerprint density at radius 2 is 1.29 bits per heavy atom. The van der Waals surface area contributed by atoms with E-state index < -0.39 is 0 Å². The molecule has 0 heteroatoms. The average molecular weight is 196 g/mol. The van der Waals surface area contributed by atoms with Gasteiger partial charge in [0, 0.05) is 0 Å². The lowest BCUT2D eigenvalue weighted by Crippen LogP contribution is -2.23. The lowest BCUT2D eigenvalue weighted by atomic mass is 9.71. The summed E-state index contributed by atoms with van der Waals surface area (Å²) in [6.45, 7) is 9.51. The van der Waals surface area contributed by atoms with Crippen molar-refractivity contribution in [3.05, 3.63) is 0 Å². The van der Waals surface area contributed by atoms with Crippen LogP contribution in [0.25, 0.3) is 0 Å². The Balaban J connectivity index is 2.34. The maximum Gasteiger partial charge on any atom is -0.0386 e. The van der Waals surface area contributed by atoms with E-state index >= 15 is 0 Å². The fourth-order valence-corrected chi connectivity index (χ4v) is 3.24. The van der Waals surface area contributed by atoms with E-state index in [1.54, 1.807) is 0 Å². The van der Waals surface area contributed by atoms with E-state index in [0.29, 0.717) is 0 Å². The predicted molar refractivity (Wildman–Crippen MR) is 64.4 cm³/mol. The van der Waals surface area contributed by atoms with E-state index in [2.05, 4.69) is 27.7 Å². The Labute approximate surface area is 90.5 Å². The van der Waals surface area contributed by atoms with Crippen molar-refractivity contribution in [1.29, 1.82) is 0 Å². The molecule has 0 radical (unpaired) electrons. The molecule has 1 aliphatic rings. The summed E-state index contributed by atoms with van der Waals surface area (Å²) < 4.78 is 0. The van der Waals surface area contributed by atoms with Crippen LogP contribution in [0, 0.1) is 23.7 Å². The van der Waals surface area contributed by atoms with Gasteiger partial charge in [0.2, 0.25) is 0 Å². The minimum Gasteiger partial charge on any atom is -0.0651 e. The van der Waals surface area contributed by atoms with E-state index in [0.717, 1.165) is 23.7 Å². The molecule has 0 N–H and O–H groups in total. The summed E-state index contributed by atoms with van der Waals surface area (Å²) in [4.78, 5) is 0. The van der Waals surface area contributed by atoms with Crippen LogP contribution in [0.1, 0.15) is 66.2 Å². The standard InChI is InChI=1S/C14H28/c1-5-12(6-2)14-9-7-13(8-10-14)11(3)4/h11-14H,5-10H2,1-4H3. The Morgan fingerprint density at radius 1 is 0.857 bits per heavy atom. The summed E-state index contributed by atoms with van der Waals surface area (Å²) >= 11 is 0. The summed E-state index contributed by atoms with van der Waals surface area (Å²) in [5.41, 5.74) is 0. The van der Waals surface area contributed by atoms with Crippen LogP contribution in [0.4, 0.5) is 0 Å². The van der Waals surface area contributed by atoms with Crippen molar-refractivity contribution in [1.82, 2.24) is 0 Å². The highest BCUT2D eigenvalue weighted by molar-refractivity contribution is 4.78. The van der Waals surface area contributed by atoms with E-state index in [4.69, 9.17) is 0 Å². The van der Waals surface area contributed by atoms with Gasteiger partial charge >= 0.3 is 0 Å². The highest BCUT2D eigenvalue weighted by Gasteiger charge is 2.26. The SMILES string of the molecule is CCC(CC)C1CCC(C(C)C)CC1. The van der Waals surface area contributed by atoms with Gasteiger partial charge in [-0.05, 0) is 49.4 Å². The van der Waals surface area contributed by atoms with Crippen LogP contribution in [-0.2, 0) is 0 Å². The van der Waals surface area contributed by atoms with Crippen LogP contribution in [0.3, 0.4) is 0 Å². The Kier molecular flexibility index (Phi) is 4.98. The van der Waals surface area contributed by atoms with E-state index in [1.807, 2.05) is 0 Å². The molecule has 0 aromatic carbocycles. The van der Waals surface area contributed by atoms with Crippen LogP contribution in [0.2, 0.25) is 0 Å². The van der Waals surface area contributed by atoms with E-state index in [1.165, 1.54) is 38.5 Å². The topological polar surface area (TPSA) is 0 Å². The fourth-order valence-electron chi connectivity index (χ4n) is 3.24. The third-order valence-corrected chi connectivity index (χ3v) is 4.47. The minimum atomic E-state index is 0.914. The van der Waals surface area contributed by atoms with Crippen molar-refractivity contribution >= 4 is 0 Å². The van der Waals surface area contributed by atoms with Gasteiger partial charge in [0.1, 0.15) is 0 Å². The van der Waals surface area contributed by atoms with Gasteiger partial charge in [-0.25, -0.2) is 0 Å². The second kappa shape index (κ2) is 5.78. The van der Waals surface area contributed by atoms with Gasteiger partial charge in [-0.2, -0.15) is 0 Å². The smallest absolute Gasteiger partial charge is 0.0386 e. The minimum absolute atomic E-state index is 0.914. The molecule has 0 atom stereocenters. The molecule has 0 aliphatic heterocycles. The van der Waals surface area contributed by atoms with Crippen molar-refractivity contribution in [3.8, 4) is 0 Å². The number of rotatable bonds is 4. The molecule has 0 amide bonds. The van der Waals surface area contributed by atoms with Crippen LogP contribution in [-0.4, -0.2) is 0 Å². The monoisotopic (exact) mass is 196 g/mol. The molecule has 1 saturated carbocycles. The molecule has 1 aliphatic carbocycles. The normalized spacial score (nSPS) is 28.7. The van der Waals surface area contributed by atoms with Crippen molar-refractivity contribution < 1.29 is 0 Å². The van der Waals surface area contributed by atoms with Gasteiger partial charge in [0.15, 0.2) is 0 Å². The number of hydrogen-bond acceptors (Lipinski definition) is 0. The van der Waals surface area contributed by atoms with Gasteiger partial charge in [-0.3, -0.25) is 0 Å². The quantitative estimate of drug-likeness (QED) is 0.601. The van der Waals surface area contributed by atoms with Crippen LogP contribution in [0.5, 0.6) is 0 Å². The lowest BCUT2D eigenvalue weighted by Gasteiger charge is -2.34. The van der Waals surface area contributed by atoms with Crippen LogP contribution < -0.4 is 0 Å². The lowest BCUT2D eigenvalue weighted by molar-refractivity contribution is 0.168. The molecule has 0 unspecified atom stereocenters. The molecule has 0 spiro atoms. The summed E-state index contributed by atoms with van der Waals surface area (Å²) in [5, 5.41) is 0. The van der Waals surface area contributed by atoms with Crippen LogP contribution in [0.15, 0.2) is 0 Å². The highest BCUT2D eigenvalue weighted by Crippen LogP contribution is 2.38. The van der Waals surface area contributed by atoms with Gasteiger partial charge in [-0.15, -0.1) is 0 Å². The van der Waals surface area contributed by atoms with Crippen molar-refractivity contribution in [3.63, 3.8) is 0 Å². The molecule has 0 nitrogen and oxygen atoms in total. The first kappa shape index (κ1) is 12.1. The summed E-state index contributed by atoms with van der Waals surface area (Å²) in [6, 6.07) is 0. The van der Waals surface area contributed by atoms with E-state index in [9.17, 15) is 0 Å². The van der Waals surface area contributed by atoms with Crippen molar-refractivity contribution in [2.24, 2.45) is 23.7 Å². The molecular formula is C14H28. The fraction of sp³-hybridized carbons (Fsp3) is 1.00. The summed E-state index contributed by atoms with van der Waals surface area (Å²) in [5.74, 6) is 4.02. The largest absolute Gasteiger partial charge is 0.0651 e. The first-order chi connectivity index (χ1) is 6.69. The van der Waals surface area contributed by atoms with Gasteiger partial charge in [0.05, 0.1) is 0 Å². The predicted octanol–water partition coefficient (Wildman–Crippen LogP) is 4.89. The van der Waals surface area contributed by atoms with Gasteiger partial charge in [-0.1, -0.05) is 40.5 Å². The van der Waals surface area contributed by atoms with Crippen molar-refractivity contribution in [2.45, 2.75) is 66.2 Å². The molecular weight excluding hydrogens is 168 g/mol. The molecule has 84 valence electrons. The first-order valence-corrected chi connectivity index (χ1v) is 6.69. The molecule has 0 saturated heterocycles. The molecule has 0 bridgehead atoms. The molecule has 14 heavy (non-hydrogen) atoms. The number of hydrogen-bond donors (Lipinski definition) is 0. The zero-order valence-electron chi connectivity index (χ0n) is 10.6. The Bertz CT molecular complexity index is 136. The summed E-state index contributed by atoms with van der Waals surface area (Å²) in [6.07, 6.45) is 8.81. The third-order valence-electron chi connectivity index (χ3n) is 4.47. The van der Waals surface area contributed by atoms with Crippen LogP contribution >= 0.6 is 0 Å². The maximum absolute atomic E-state index is 2.39. The zero-order chi connectivity index (χ0) is 10.6. The Hall–Kier alpha value is 0. The molecule has 0 heterocycles. The first-order valence-electron chi connectivity index (χ1n) is 6.69. The Morgan fingerprint density at radius 3 is 1.64 bits per heavy atom. The molecule has 1 fully saturated rings. The third kappa shape index (κ3) is 3.00. The van der Waals surface area contributed by atoms with Gasteiger partial charge < -0.3 is 0 Å².